The average Bonchev–Trinajstić information content (AvgIpc) is 2.89. The molecule has 0 radical (unpaired) electrons. The second kappa shape index (κ2) is 10.1. The molecule has 35 heavy (non-hydrogen) atoms. The summed E-state index contributed by atoms with van der Waals surface area (Å²) in [7, 11) is 0. The van der Waals surface area contributed by atoms with E-state index in [-0.39, 0.29) is 18.2 Å². The Labute approximate surface area is 214 Å². The first-order valence-electron chi connectivity index (χ1n) is 11.4. The number of thioether (sulfide) groups is 1. The zero-order valence-electron chi connectivity index (χ0n) is 19.3. The van der Waals surface area contributed by atoms with Gasteiger partial charge in [0.1, 0.15) is 12.4 Å². The first-order valence-corrected chi connectivity index (χ1v) is 12.7. The summed E-state index contributed by atoms with van der Waals surface area (Å²) in [6, 6.07) is 25.8. The number of allylic oxidation sites excluding steroid dienone is 1. The van der Waals surface area contributed by atoms with Gasteiger partial charge in [0.05, 0.1) is 29.2 Å². The highest BCUT2D eigenvalue weighted by atomic mass is 35.5. The van der Waals surface area contributed by atoms with Gasteiger partial charge in [-0.2, -0.15) is 5.26 Å². The first kappa shape index (κ1) is 23.3. The van der Waals surface area contributed by atoms with Gasteiger partial charge in [-0.15, -0.1) is 0 Å². The number of ether oxygens (including phenoxy) is 1. The Bertz CT molecular complexity index is 1320. The fourth-order valence-corrected chi connectivity index (χ4v) is 5.75. The molecule has 176 valence electrons. The molecule has 0 N–H and O–H groups in total. The second-order valence-electron chi connectivity index (χ2n) is 8.63. The summed E-state index contributed by atoms with van der Waals surface area (Å²) in [4.78, 5) is 17.1. The monoisotopic (exact) mass is 501 g/mol. The molecule has 0 aromatic heterocycles. The molecule has 1 saturated heterocycles. The highest BCUT2D eigenvalue weighted by molar-refractivity contribution is 8.03. The molecule has 3 aromatic carbocycles. The summed E-state index contributed by atoms with van der Waals surface area (Å²) in [6.45, 7) is 2.97. The van der Waals surface area contributed by atoms with Gasteiger partial charge >= 0.3 is 0 Å². The molecule has 1 amide bonds. The minimum atomic E-state index is -0.249. The molecule has 2 heterocycles. The molecule has 2 aliphatic heterocycles. The van der Waals surface area contributed by atoms with Gasteiger partial charge in [0.15, 0.2) is 0 Å². The maximum absolute atomic E-state index is 13.2. The van der Waals surface area contributed by atoms with E-state index in [4.69, 9.17) is 16.3 Å². The molecule has 7 heteroatoms. The smallest absolute Gasteiger partial charge is 0.229 e. The fourth-order valence-electron chi connectivity index (χ4n) is 4.46. The minimum Gasteiger partial charge on any atom is -0.489 e. The van der Waals surface area contributed by atoms with Crippen molar-refractivity contribution in [1.29, 1.82) is 5.26 Å². The third-order valence-electron chi connectivity index (χ3n) is 6.35. The average molecular weight is 502 g/mol. The number of halogens is 1. The third-order valence-corrected chi connectivity index (χ3v) is 7.76. The van der Waals surface area contributed by atoms with Crippen LogP contribution in [0, 0.1) is 18.3 Å². The number of carbonyl (C=O) groups is 1. The number of nitriles is 1. The lowest BCUT2D eigenvalue weighted by Crippen LogP contribution is -2.47. The maximum Gasteiger partial charge on any atom is 0.229 e. The topological polar surface area (TPSA) is 56.6 Å². The Morgan fingerprint density at radius 2 is 1.83 bits per heavy atom. The Morgan fingerprint density at radius 1 is 1.09 bits per heavy atom. The lowest BCUT2D eigenvalue weighted by atomic mass is 9.86. The van der Waals surface area contributed by atoms with Gasteiger partial charge in [0.2, 0.25) is 5.91 Å². The lowest BCUT2D eigenvalue weighted by molar-refractivity contribution is -0.129. The van der Waals surface area contributed by atoms with Gasteiger partial charge in [0.25, 0.3) is 0 Å². The maximum atomic E-state index is 13.2. The predicted octanol–water partition coefficient (Wildman–Crippen LogP) is 6.45. The molecule has 5 nitrogen and oxygen atoms in total. The standard InChI is InChI=1S/C28H24ClN3O2S/c1-19-4-2-3-5-26(19)31-17-32-27(33)14-24(25(15-30)28(32)35-18-31)21-8-12-23(13-9-21)34-16-20-6-10-22(29)11-7-20/h2-13,24H,14,16-18H2,1H3. The summed E-state index contributed by atoms with van der Waals surface area (Å²) < 4.78 is 5.89. The highest BCUT2D eigenvalue weighted by Gasteiger charge is 2.38. The molecular weight excluding hydrogens is 478 g/mol. The zero-order chi connectivity index (χ0) is 24.4. The normalized spacial score (nSPS) is 17.7. The molecular formula is C28H24ClN3O2S. The Balaban J connectivity index is 1.33. The van der Waals surface area contributed by atoms with Crippen LogP contribution in [0.2, 0.25) is 5.02 Å². The number of anilines is 1. The number of para-hydroxylation sites is 1. The number of amides is 1. The number of hydrogen-bond acceptors (Lipinski definition) is 5. The molecule has 0 saturated carbocycles. The van der Waals surface area contributed by atoms with Gasteiger partial charge in [-0.1, -0.05) is 65.8 Å². The van der Waals surface area contributed by atoms with E-state index in [1.54, 1.807) is 16.7 Å². The predicted molar refractivity (Wildman–Crippen MR) is 140 cm³/mol. The van der Waals surface area contributed by atoms with Gasteiger partial charge in [-0.05, 0) is 53.9 Å². The first-order chi connectivity index (χ1) is 17.0. The van der Waals surface area contributed by atoms with E-state index in [2.05, 4.69) is 30.0 Å². The molecule has 0 spiro atoms. The fraction of sp³-hybridized carbons (Fsp3) is 0.214. The Hall–Kier alpha value is -3.40. The van der Waals surface area contributed by atoms with Gasteiger partial charge in [0, 0.05) is 23.0 Å². The summed E-state index contributed by atoms with van der Waals surface area (Å²) in [5.74, 6) is 1.22. The van der Waals surface area contributed by atoms with Gasteiger partial charge < -0.3 is 9.64 Å². The quantitative estimate of drug-likeness (QED) is 0.402. The van der Waals surface area contributed by atoms with E-state index in [1.807, 2.05) is 60.7 Å². The van der Waals surface area contributed by atoms with Crippen molar-refractivity contribution in [3.05, 3.63) is 105 Å². The molecule has 1 unspecified atom stereocenters. The van der Waals surface area contributed by atoms with Crippen molar-refractivity contribution >= 4 is 35.0 Å². The number of nitrogens with zero attached hydrogens (tertiary/aromatic N) is 3. The molecule has 5 rings (SSSR count). The minimum absolute atomic E-state index is 0.0397. The number of aryl methyl sites for hydroxylation is 1. The SMILES string of the molecule is Cc1ccccc1N1CSC2=C(C#N)C(c3ccc(OCc4ccc(Cl)cc4)cc3)CC(=O)N2C1. The number of hydrogen-bond donors (Lipinski definition) is 0. The number of rotatable bonds is 5. The second-order valence-corrected chi connectivity index (χ2v) is 10.0. The zero-order valence-corrected chi connectivity index (χ0v) is 20.9. The summed E-state index contributed by atoms with van der Waals surface area (Å²) >= 11 is 7.50. The van der Waals surface area contributed by atoms with Crippen molar-refractivity contribution in [2.45, 2.75) is 25.9 Å². The van der Waals surface area contributed by atoms with E-state index < -0.39 is 0 Å². The van der Waals surface area contributed by atoms with E-state index in [0.29, 0.717) is 29.7 Å². The Morgan fingerprint density at radius 3 is 2.54 bits per heavy atom. The molecule has 2 aliphatic rings. The number of carbonyl (C=O) groups excluding carboxylic acids is 1. The summed E-state index contributed by atoms with van der Waals surface area (Å²) in [6.07, 6.45) is 0.277. The van der Waals surface area contributed by atoms with E-state index in [1.165, 1.54) is 5.56 Å². The summed E-state index contributed by atoms with van der Waals surface area (Å²) in [5.41, 5.74) is 4.92. The van der Waals surface area contributed by atoms with Crippen molar-refractivity contribution in [1.82, 2.24) is 4.90 Å². The Kier molecular flexibility index (Phi) is 6.72. The van der Waals surface area contributed by atoms with Crippen LogP contribution in [0.4, 0.5) is 5.69 Å². The van der Waals surface area contributed by atoms with Crippen LogP contribution >= 0.6 is 23.4 Å². The van der Waals surface area contributed by atoms with Crippen LogP contribution in [0.3, 0.4) is 0 Å². The lowest BCUT2D eigenvalue weighted by Gasteiger charge is -2.42. The molecule has 0 aliphatic carbocycles. The van der Waals surface area contributed by atoms with Crippen molar-refractivity contribution in [2.24, 2.45) is 0 Å². The highest BCUT2D eigenvalue weighted by Crippen LogP contribution is 2.43. The van der Waals surface area contributed by atoms with Crippen LogP contribution in [0.1, 0.15) is 29.0 Å². The number of benzene rings is 3. The van der Waals surface area contributed by atoms with E-state index in [9.17, 15) is 10.1 Å². The van der Waals surface area contributed by atoms with Crippen LogP contribution in [-0.2, 0) is 11.4 Å². The molecule has 1 atom stereocenters. The number of fused-ring (bicyclic) bond motifs is 1. The van der Waals surface area contributed by atoms with E-state index in [0.717, 1.165) is 27.6 Å². The van der Waals surface area contributed by atoms with Crippen LogP contribution in [0.15, 0.2) is 83.4 Å². The van der Waals surface area contributed by atoms with Crippen LogP contribution in [0.25, 0.3) is 0 Å². The van der Waals surface area contributed by atoms with Crippen LogP contribution < -0.4 is 9.64 Å². The molecule has 0 bridgehead atoms. The van der Waals surface area contributed by atoms with Crippen molar-refractivity contribution in [2.75, 3.05) is 17.4 Å². The van der Waals surface area contributed by atoms with Crippen LogP contribution in [0.5, 0.6) is 5.75 Å². The van der Waals surface area contributed by atoms with Crippen molar-refractivity contribution in [3.63, 3.8) is 0 Å². The van der Waals surface area contributed by atoms with Gasteiger partial charge in [-0.25, -0.2) is 0 Å². The van der Waals surface area contributed by atoms with Crippen molar-refractivity contribution in [3.8, 4) is 11.8 Å². The van der Waals surface area contributed by atoms with Crippen LogP contribution in [-0.4, -0.2) is 23.4 Å². The molecule has 3 aromatic rings. The summed E-state index contributed by atoms with van der Waals surface area (Å²) in [5, 5.41) is 11.5. The van der Waals surface area contributed by atoms with E-state index >= 15 is 0 Å². The third kappa shape index (κ3) is 4.88. The van der Waals surface area contributed by atoms with Crippen molar-refractivity contribution < 1.29 is 9.53 Å². The largest absolute Gasteiger partial charge is 0.489 e. The molecule has 1 fully saturated rings. The van der Waals surface area contributed by atoms with Gasteiger partial charge in [-0.3, -0.25) is 9.69 Å².